The molecule has 1 N–H and O–H groups in total. The van der Waals surface area contributed by atoms with Crippen molar-refractivity contribution in [2.45, 2.75) is 26.7 Å². The summed E-state index contributed by atoms with van der Waals surface area (Å²) in [5, 5.41) is 3.26. The molecule has 0 unspecified atom stereocenters. The molecule has 1 saturated carbocycles. The van der Waals surface area contributed by atoms with Gasteiger partial charge in [-0.3, -0.25) is 4.79 Å². The van der Waals surface area contributed by atoms with E-state index in [0.29, 0.717) is 13.1 Å². The number of hydrogen-bond donors (Lipinski definition) is 1. The largest absolute Gasteiger partial charge is 0.312 e. The molecule has 4 heteroatoms. The Balaban J connectivity index is 0.00000180. The summed E-state index contributed by atoms with van der Waals surface area (Å²) in [4.78, 5) is 14.0. The molecule has 0 atom stereocenters. The number of carbonyl (C=O) groups is 1. The zero-order valence-corrected chi connectivity index (χ0v) is 12.5. The maximum Gasteiger partial charge on any atom is 0.240 e. The maximum absolute atomic E-state index is 12.2. The number of likely N-dealkylation sites (N-methyl/N-ethyl adjacent to an activating group) is 1. The van der Waals surface area contributed by atoms with Crippen molar-refractivity contribution in [1.29, 1.82) is 0 Å². The van der Waals surface area contributed by atoms with Crippen LogP contribution in [0.2, 0.25) is 0 Å². The van der Waals surface area contributed by atoms with Crippen LogP contribution in [-0.2, 0) is 4.79 Å². The van der Waals surface area contributed by atoms with Crippen LogP contribution in [0.1, 0.15) is 25.3 Å². The van der Waals surface area contributed by atoms with Gasteiger partial charge in [0, 0.05) is 12.2 Å². The highest BCUT2D eigenvalue weighted by Crippen LogP contribution is 2.27. The van der Waals surface area contributed by atoms with Crippen molar-refractivity contribution in [3.63, 3.8) is 0 Å². The fourth-order valence-electron chi connectivity index (χ4n) is 2.10. The van der Waals surface area contributed by atoms with Gasteiger partial charge in [-0.25, -0.2) is 0 Å². The van der Waals surface area contributed by atoms with E-state index in [9.17, 15) is 4.79 Å². The normalized spacial score (nSPS) is 13.8. The second kappa shape index (κ2) is 7.51. The quantitative estimate of drug-likeness (QED) is 0.870. The van der Waals surface area contributed by atoms with Crippen LogP contribution in [0.3, 0.4) is 0 Å². The first kappa shape index (κ1) is 16.0. The van der Waals surface area contributed by atoms with Crippen molar-refractivity contribution in [3.8, 4) is 0 Å². The number of carbonyl (C=O) groups excluding carboxylic acids is 1. The maximum atomic E-state index is 12.2. The van der Waals surface area contributed by atoms with Gasteiger partial charge in [0.05, 0.1) is 6.54 Å². The zero-order chi connectivity index (χ0) is 13.0. The lowest BCUT2D eigenvalue weighted by Crippen LogP contribution is -2.38. The van der Waals surface area contributed by atoms with Crippen LogP contribution >= 0.6 is 12.4 Å². The van der Waals surface area contributed by atoms with Crippen molar-refractivity contribution in [2.24, 2.45) is 5.92 Å². The molecule has 0 aromatic heterocycles. The van der Waals surface area contributed by atoms with E-state index >= 15 is 0 Å². The molecule has 0 spiro atoms. The highest BCUT2D eigenvalue weighted by Gasteiger charge is 2.21. The third-order valence-corrected chi connectivity index (χ3v) is 3.34. The van der Waals surface area contributed by atoms with Gasteiger partial charge in [-0.1, -0.05) is 12.1 Å². The Labute approximate surface area is 121 Å². The first-order valence-corrected chi connectivity index (χ1v) is 6.78. The van der Waals surface area contributed by atoms with Gasteiger partial charge in [-0.2, -0.15) is 0 Å². The van der Waals surface area contributed by atoms with E-state index in [1.54, 1.807) is 0 Å². The van der Waals surface area contributed by atoms with Gasteiger partial charge in [0.2, 0.25) is 5.91 Å². The number of halogens is 1. The molecule has 1 amide bonds. The van der Waals surface area contributed by atoms with Crippen molar-refractivity contribution >= 4 is 24.0 Å². The van der Waals surface area contributed by atoms with Gasteiger partial charge in [-0.05, 0) is 56.8 Å². The van der Waals surface area contributed by atoms with Gasteiger partial charge < -0.3 is 10.2 Å². The number of nitrogens with zero attached hydrogens (tertiary/aromatic N) is 1. The van der Waals surface area contributed by atoms with Crippen LogP contribution in [0.15, 0.2) is 24.3 Å². The smallest absolute Gasteiger partial charge is 0.240 e. The SMILES string of the molecule is CCN(C(=O)CNCC1CC1)c1cccc(C)c1.Cl. The van der Waals surface area contributed by atoms with E-state index in [1.165, 1.54) is 18.4 Å². The summed E-state index contributed by atoms with van der Waals surface area (Å²) in [6, 6.07) is 8.10. The van der Waals surface area contributed by atoms with E-state index in [4.69, 9.17) is 0 Å². The lowest BCUT2D eigenvalue weighted by molar-refractivity contribution is -0.117. The number of amides is 1. The molecular weight excluding hydrogens is 260 g/mol. The van der Waals surface area contributed by atoms with Crippen molar-refractivity contribution in [2.75, 3.05) is 24.5 Å². The molecule has 0 saturated heterocycles. The molecule has 1 aliphatic rings. The van der Waals surface area contributed by atoms with Gasteiger partial charge in [0.15, 0.2) is 0 Å². The Morgan fingerprint density at radius 1 is 1.42 bits per heavy atom. The first-order valence-electron chi connectivity index (χ1n) is 6.78. The fourth-order valence-corrected chi connectivity index (χ4v) is 2.10. The molecular formula is C15H23ClN2O. The van der Waals surface area contributed by atoms with Gasteiger partial charge in [-0.15, -0.1) is 12.4 Å². The van der Waals surface area contributed by atoms with E-state index in [0.717, 1.165) is 18.2 Å². The molecule has 3 nitrogen and oxygen atoms in total. The average molecular weight is 283 g/mol. The predicted molar refractivity (Wildman–Crippen MR) is 82.0 cm³/mol. The highest BCUT2D eigenvalue weighted by molar-refractivity contribution is 5.94. The molecule has 106 valence electrons. The summed E-state index contributed by atoms with van der Waals surface area (Å²) in [7, 11) is 0. The number of aryl methyl sites for hydroxylation is 1. The van der Waals surface area contributed by atoms with Crippen LogP contribution in [-0.4, -0.2) is 25.5 Å². The molecule has 1 aliphatic carbocycles. The first-order chi connectivity index (χ1) is 8.70. The van der Waals surface area contributed by atoms with Crippen LogP contribution in [0.4, 0.5) is 5.69 Å². The molecule has 0 heterocycles. The molecule has 1 fully saturated rings. The summed E-state index contributed by atoms with van der Waals surface area (Å²) < 4.78 is 0. The van der Waals surface area contributed by atoms with Crippen LogP contribution in [0.5, 0.6) is 0 Å². The van der Waals surface area contributed by atoms with Crippen LogP contribution < -0.4 is 10.2 Å². The van der Waals surface area contributed by atoms with E-state index < -0.39 is 0 Å². The zero-order valence-electron chi connectivity index (χ0n) is 11.7. The molecule has 0 bridgehead atoms. The summed E-state index contributed by atoms with van der Waals surface area (Å²) >= 11 is 0. The fraction of sp³-hybridized carbons (Fsp3) is 0.533. The Kier molecular flexibility index (Phi) is 6.32. The lowest BCUT2D eigenvalue weighted by Gasteiger charge is -2.21. The number of nitrogens with one attached hydrogen (secondary N) is 1. The Hall–Kier alpha value is -1.06. The second-order valence-electron chi connectivity index (χ2n) is 5.05. The lowest BCUT2D eigenvalue weighted by atomic mass is 10.2. The molecule has 19 heavy (non-hydrogen) atoms. The molecule has 1 aromatic rings. The van der Waals surface area contributed by atoms with Crippen molar-refractivity contribution in [3.05, 3.63) is 29.8 Å². The average Bonchev–Trinajstić information content (AvgIpc) is 3.14. The number of hydrogen-bond acceptors (Lipinski definition) is 2. The minimum atomic E-state index is 0. The number of anilines is 1. The van der Waals surface area contributed by atoms with Crippen molar-refractivity contribution < 1.29 is 4.79 Å². The summed E-state index contributed by atoms with van der Waals surface area (Å²) in [6.07, 6.45) is 2.63. The van der Waals surface area contributed by atoms with Gasteiger partial charge in [0.25, 0.3) is 0 Å². The van der Waals surface area contributed by atoms with Gasteiger partial charge >= 0.3 is 0 Å². The third-order valence-electron chi connectivity index (χ3n) is 3.34. The standard InChI is InChI=1S/C15H22N2O.ClH/c1-3-17(14-6-4-5-12(2)9-14)15(18)11-16-10-13-7-8-13;/h4-6,9,13,16H,3,7-8,10-11H2,1-2H3;1H. The Bertz CT molecular complexity index is 418. The summed E-state index contributed by atoms with van der Waals surface area (Å²) in [5.74, 6) is 0.968. The second-order valence-corrected chi connectivity index (χ2v) is 5.05. The van der Waals surface area contributed by atoms with Crippen LogP contribution in [0.25, 0.3) is 0 Å². The third kappa shape index (κ3) is 4.84. The number of rotatable bonds is 6. The predicted octanol–water partition coefficient (Wildman–Crippen LogP) is 2.77. The molecule has 1 aromatic carbocycles. The molecule has 0 radical (unpaired) electrons. The molecule has 2 rings (SSSR count). The summed E-state index contributed by atoms with van der Waals surface area (Å²) in [6.45, 7) is 6.21. The van der Waals surface area contributed by atoms with Gasteiger partial charge in [0.1, 0.15) is 0 Å². The Morgan fingerprint density at radius 2 is 2.16 bits per heavy atom. The number of benzene rings is 1. The molecule has 0 aliphatic heterocycles. The van der Waals surface area contributed by atoms with E-state index in [1.807, 2.05) is 36.9 Å². The minimum Gasteiger partial charge on any atom is -0.312 e. The van der Waals surface area contributed by atoms with Crippen molar-refractivity contribution in [1.82, 2.24) is 5.32 Å². The monoisotopic (exact) mass is 282 g/mol. The van der Waals surface area contributed by atoms with E-state index in [-0.39, 0.29) is 18.3 Å². The van der Waals surface area contributed by atoms with E-state index in [2.05, 4.69) is 11.4 Å². The topological polar surface area (TPSA) is 32.3 Å². The minimum absolute atomic E-state index is 0. The summed E-state index contributed by atoms with van der Waals surface area (Å²) in [5.41, 5.74) is 2.18. The van der Waals surface area contributed by atoms with Crippen LogP contribution in [0, 0.1) is 12.8 Å². The Morgan fingerprint density at radius 3 is 2.74 bits per heavy atom. The highest BCUT2D eigenvalue weighted by atomic mass is 35.5.